The molecule has 0 saturated carbocycles. The number of halogens is 4. The van der Waals surface area contributed by atoms with Crippen molar-refractivity contribution in [1.82, 2.24) is 5.32 Å². The monoisotopic (exact) mass is 357 g/mol. The molecule has 0 bridgehead atoms. The van der Waals surface area contributed by atoms with Gasteiger partial charge in [-0.1, -0.05) is 13.0 Å². The lowest BCUT2D eigenvalue weighted by atomic mass is 9.98. The number of benzene rings is 2. The Balaban J connectivity index is 2.27. The number of likely N-dealkylation sites (N-methyl/N-ethyl adjacent to an activating group) is 1. The van der Waals surface area contributed by atoms with Crippen LogP contribution in [0.25, 0.3) is 0 Å². The van der Waals surface area contributed by atoms with Crippen LogP contribution >= 0.6 is 15.9 Å². The molecule has 1 nitrogen and oxygen atoms in total. The van der Waals surface area contributed by atoms with Crippen LogP contribution in [0.5, 0.6) is 0 Å². The van der Waals surface area contributed by atoms with E-state index in [9.17, 15) is 13.2 Å². The molecule has 0 radical (unpaired) electrons. The summed E-state index contributed by atoms with van der Waals surface area (Å²) in [5.41, 5.74) is 1.27. The summed E-state index contributed by atoms with van der Waals surface area (Å²) in [6, 6.07) is 8.06. The lowest BCUT2D eigenvalue weighted by molar-refractivity contribution is 0.533. The van der Waals surface area contributed by atoms with Crippen LogP contribution in [0.2, 0.25) is 0 Å². The Morgan fingerprint density at radius 1 is 1.05 bits per heavy atom. The third-order valence-corrected chi connectivity index (χ3v) is 3.80. The zero-order chi connectivity index (χ0) is 15.4. The summed E-state index contributed by atoms with van der Waals surface area (Å²) < 4.78 is 40.6. The van der Waals surface area contributed by atoms with Gasteiger partial charge in [0, 0.05) is 12.1 Å². The van der Waals surface area contributed by atoms with Crippen molar-refractivity contribution in [2.45, 2.75) is 19.4 Å². The molecule has 0 saturated heterocycles. The number of hydrogen-bond donors (Lipinski definition) is 1. The molecule has 0 fully saturated rings. The summed E-state index contributed by atoms with van der Waals surface area (Å²) in [6.07, 6.45) is 0.379. The SMILES string of the molecule is CCNC(Cc1cc(F)cc(F)c1)c1ccc(Br)c(F)c1. The Bertz CT molecular complexity index is 611. The highest BCUT2D eigenvalue weighted by atomic mass is 79.9. The van der Waals surface area contributed by atoms with E-state index in [2.05, 4.69) is 21.2 Å². The van der Waals surface area contributed by atoms with Gasteiger partial charge in [-0.05, 0) is 64.3 Å². The van der Waals surface area contributed by atoms with E-state index in [0.29, 0.717) is 23.0 Å². The van der Waals surface area contributed by atoms with Crippen LogP contribution in [0.1, 0.15) is 24.1 Å². The molecule has 0 heterocycles. The summed E-state index contributed by atoms with van der Waals surface area (Å²) in [4.78, 5) is 0. The molecule has 112 valence electrons. The van der Waals surface area contributed by atoms with Gasteiger partial charge in [-0.15, -0.1) is 0 Å². The van der Waals surface area contributed by atoms with Crippen LogP contribution in [0.15, 0.2) is 40.9 Å². The van der Waals surface area contributed by atoms with Gasteiger partial charge in [0.25, 0.3) is 0 Å². The molecule has 0 aliphatic heterocycles. The summed E-state index contributed by atoms with van der Waals surface area (Å²) in [5, 5.41) is 3.21. The molecular formula is C16H15BrF3N. The van der Waals surface area contributed by atoms with E-state index >= 15 is 0 Å². The molecule has 0 amide bonds. The van der Waals surface area contributed by atoms with Crippen LogP contribution in [0.4, 0.5) is 13.2 Å². The lowest BCUT2D eigenvalue weighted by Gasteiger charge is -2.19. The Kier molecular flexibility index (Phi) is 5.42. The van der Waals surface area contributed by atoms with Crippen LogP contribution in [0, 0.1) is 17.5 Å². The van der Waals surface area contributed by atoms with Crippen LogP contribution < -0.4 is 5.32 Å². The second kappa shape index (κ2) is 7.09. The topological polar surface area (TPSA) is 12.0 Å². The molecule has 1 atom stereocenters. The van der Waals surface area contributed by atoms with Gasteiger partial charge in [-0.2, -0.15) is 0 Å². The van der Waals surface area contributed by atoms with Crippen molar-refractivity contribution in [3.8, 4) is 0 Å². The largest absolute Gasteiger partial charge is 0.310 e. The molecule has 1 N–H and O–H groups in total. The van der Waals surface area contributed by atoms with Gasteiger partial charge in [0.15, 0.2) is 0 Å². The summed E-state index contributed by atoms with van der Waals surface area (Å²) in [7, 11) is 0. The molecule has 2 aromatic carbocycles. The Hall–Kier alpha value is -1.33. The Labute approximate surface area is 130 Å². The maximum atomic E-state index is 13.7. The molecule has 21 heavy (non-hydrogen) atoms. The maximum absolute atomic E-state index is 13.7. The van der Waals surface area contributed by atoms with Crippen molar-refractivity contribution in [3.05, 3.63) is 69.4 Å². The van der Waals surface area contributed by atoms with Gasteiger partial charge in [0.2, 0.25) is 0 Å². The Morgan fingerprint density at radius 2 is 1.71 bits per heavy atom. The van der Waals surface area contributed by atoms with E-state index in [1.54, 1.807) is 12.1 Å². The molecule has 0 aliphatic carbocycles. The van der Waals surface area contributed by atoms with Gasteiger partial charge in [-0.25, -0.2) is 13.2 Å². The third-order valence-electron chi connectivity index (χ3n) is 3.16. The molecule has 0 aliphatic rings. The smallest absolute Gasteiger partial charge is 0.137 e. The van der Waals surface area contributed by atoms with Crippen molar-refractivity contribution in [2.24, 2.45) is 0 Å². The fourth-order valence-electron chi connectivity index (χ4n) is 2.25. The molecule has 5 heteroatoms. The first kappa shape index (κ1) is 16.0. The number of nitrogens with one attached hydrogen (secondary N) is 1. The van der Waals surface area contributed by atoms with Crippen molar-refractivity contribution in [3.63, 3.8) is 0 Å². The van der Waals surface area contributed by atoms with Crippen LogP contribution in [-0.4, -0.2) is 6.54 Å². The van der Waals surface area contributed by atoms with Crippen molar-refractivity contribution in [1.29, 1.82) is 0 Å². The fourth-order valence-corrected chi connectivity index (χ4v) is 2.49. The first-order valence-electron chi connectivity index (χ1n) is 6.63. The summed E-state index contributed by atoms with van der Waals surface area (Å²) in [6.45, 7) is 2.59. The van der Waals surface area contributed by atoms with Gasteiger partial charge >= 0.3 is 0 Å². The highest BCUT2D eigenvalue weighted by molar-refractivity contribution is 9.10. The average molecular weight is 358 g/mol. The van der Waals surface area contributed by atoms with Gasteiger partial charge in [0.1, 0.15) is 17.5 Å². The standard InChI is InChI=1S/C16H15BrF3N/c1-2-21-16(11-3-4-14(17)15(20)8-11)7-10-5-12(18)9-13(19)6-10/h3-6,8-9,16,21H,2,7H2,1H3. The van der Waals surface area contributed by atoms with Crippen molar-refractivity contribution in [2.75, 3.05) is 6.54 Å². The molecule has 0 aromatic heterocycles. The third kappa shape index (κ3) is 4.32. The highest BCUT2D eigenvalue weighted by Gasteiger charge is 2.14. The van der Waals surface area contributed by atoms with E-state index in [-0.39, 0.29) is 11.9 Å². The minimum Gasteiger partial charge on any atom is -0.310 e. The van der Waals surface area contributed by atoms with Crippen molar-refractivity contribution < 1.29 is 13.2 Å². The van der Waals surface area contributed by atoms with E-state index in [4.69, 9.17) is 0 Å². The van der Waals surface area contributed by atoms with E-state index in [0.717, 1.165) is 11.6 Å². The normalized spacial score (nSPS) is 12.4. The lowest BCUT2D eigenvalue weighted by Crippen LogP contribution is -2.23. The summed E-state index contributed by atoms with van der Waals surface area (Å²) in [5.74, 6) is -1.58. The zero-order valence-corrected chi connectivity index (χ0v) is 13.1. The number of rotatable bonds is 5. The second-order valence-corrected chi connectivity index (χ2v) is 5.62. The minimum atomic E-state index is -0.609. The summed E-state index contributed by atoms with van der Waals surface area (Å²) >= 11 is 3.11. The predicted octanol–water partition coefficient (Wildman–Crippen LogP) is 4.76. The molecule has 2 rings (SSSR count). The second-order valence-electron chi connectivity index (χ2n) is 4.77. The number of hydrogen-bond acceptors (Lipinski definition) is 1. The van der Waals surface area contributed by atoms with Crippen molar-refractivity contribution >= 4 is 15.9 Å². The minimum absolute atomic E-state index is 0.209. The first-order chi connectivity index (χ1) is 9.99. The quantitative estimate of drug-likeness (QED) is 0.813. The van der Waals surface area contributed by atoms with Crippen LogP contribution in [-0.2, 0) is 6.42 Å². The highest BCUT2D eigenvalue weighted by Crippen LogP contribution is 2.24. The van der Waals surface area contributed by atoms with Gasteiger partial charge < -0.3 is 5.32 Å². The fraction of sp³-hybridized carbons (Fsp3) is 0.250. The molecular weight excluding hydrogens is 343 g/mol. The average Bonchev–Trinajstić information content (AvgIpc) is 2.40. The first-order valence-corrected chi connectivity index (χ1v) is 7.42. The van der Waals surface area contributed by atoms with Crippen LogP contribution in [0.3, 0.4) is 0 Å². The van der Waals surface area contributed by atoms with E-state index in [1.165, 1.54) is 18.2 Å². The molecule has 1 unspecified atom stereocenters. The Morgan fingerprint density at radius 3 is 2.29 bits per heavy atom. The van der Waals surface area contributed by atoms with E-state index < -0.39 is 11.6 Å². The van der Waals surface area contributed by atoms with Gasteiger partial charge in [0.05, 0.1) is 4.47 Å². The van der Waals surface area contributed by atoms with Gasteiger partial charge in [-0.3, -0.25) is 0 Å². The van der Waals surface area contributed by atoms with E-state index in [1.807, 2.05) is 6.92 Å². The maximum Gasteiger partial charge on any atom is 0.137 e. The molecule has 2 aromatic rings. The predicted molar refractivity (Wildman–Crippen MR) is 80.6 cm³/mol. The molecule has 0 spiro atoms. The zero-order valence-electron chi connectivity index (χ0n) is 11.5.